The zero-order valence-corrected chi connectivity index (χ0v) is 31.7. The summed E-state index contributed by atoms with van der Waals surface area (Å²) in [6.07, 6.45) is 4.37. The van der Waals surface area contributed by atoms with Crippen LogP contribution in [0.15, 0.2) is 83.5 Å². The minimum atomic E-state index is -1.47. The summed E-state index contributed by atoms with van der Waals surface area (Å²) in [6, 6.07) is 20.5. The van der Waals surface area contributed by atoms with Crippen molar-refractivity contribution in [2.75, 3.05) is 31.3 Å². The SMILES string of the molecule is CCO/C=C/c1ccc(-c2cc3c(C(=O)NC)c(-c4ccc(F)cc4)oc3cc2N(C)S(C)=O)nc1-c1c(C)c2ccccc2n1C(=O)OC(C)(C)C. The van der Waals surface area contributed by atoms with Crippen molar-refractivity contribution < 1.29 is 32.1 Å². The maximum Gasteiger partial charge on any atom is 0.419 e. The van der Waals surface area contributed by atoms with Gasteiger partial charge in [-0.3, -0.25) is 9.10 Å². The number of hydrogen-bond acceptors (Lipinski definition) is 7. The molecule has 0 aliphatic rings. The third-order valence-corrected chi connectivity index (χ3v) is 9.70. The molecular formula is C41H41FN4O6S. The number of carbonyl (C=O) groups is 2. The molecule has 10 nitrogen and oxygen atoms in total. The molecule has 6 aromatic rings. The van der Waals surface area contributed by atoms with Gasteiger partial charge < -0.3 is 19.2 Å². The molecule has 0 fully saturated rings. The summed E-state index contributed by atoms with van der Waals surface area (Å²) in [7, 11) is 1.74. The van der Waals surface area contributed by atoms with Gasteiger partial charge in [-0.2, -0.15) is 0 Å². The van der Waals surface area contributed by atoms with Crippen molar-refractivity contribution in [3.8, 4) is 34.0 Å². The Morgan fingerprint density at radius 2 is 1.77 bits per heavy atom. The topological polar surface area (TPSA) is 116 Å². The third kappa shape index (κ3) is 7.19. The molecule has 1 N–H and O–H groups in total. The van der Waals surface area contributed by atoms with Crippen molar-refractivity contribution in [1.82, 2.24) is 14.9 Å². The number of aryl methyl sites for hydroxylation is 1. The highest BCUT2D eigenvalue weighted by atomic mass is 32.2. The number of ether oxygens (including phenoxy) is 2. The molecule has 0 bridgehead atoms. The Kier molecular flexibility index (Phi) is 10.3. The van der Waals surface area contributed by atoms with E-state index in [0.29, 0.717) is 62.6 Å². The molecule has 0 radical (unpaired) electrons. The second-order valence-corrected chi connectivity index (χ2v) is 14.8. The summed E-state index contributed by atoms with van der Waals surface area (Å²) in [6.45, 7) is 9.72. The van der Waals surface area contributed by atoms with Crippen LogP contribution in [0.2, 0.25) is 0 Å². The normalized spacial score (nSPS) is 12.4. The van der Waals surface area contributed by atoms with Crippen LogP contribution in [-0.2, 0) is 20.5 Å². The van der Waals surface area contributed by atoms with Crippen molar-refractivity contribution in [3.05, 3.63) is 102 Å². The molecule has 1 atom stereocenters. The molecule has 0 aliphatic carbocycles. The fraction of sp³-hybridized carbons (Fsp3) is 0.244. The van der Waals surface area contributed by atoms with E-state index in [2.05, 4.69) is 5.32 Å². The lowest BCUT2D eigenvalue weighted by Gasteiger charge is -2.22. The summed E-state index contributed by atoms with van der Waals surface area (Å²) in [5, 5.41) is 4.02. The Hall–Kier alpha value is -5.75. The number of fused-ring (bicyclic) bond motifs is 2. The van der Waals surface area contributed by atoms with Crippen LogP contribution in [0, 0.1) is 12.7 Å². The number of hydrogen-bond donors (Lipinski definition) is 1. The zero-order chi connectivity index (χ0) is 38.2. The molecule has 3 aromatic heterocycles. The number of aromatic nitrogens is 2. The van der Waals surface area contributed by atoms with Crippen molar-refractivity contribution >= 4 is 56.6 Å². The van der Waals surface area contributed by atoms with E-state index in [1.807, 2.05) is 71.0 Å². The van der Waals surface area contributed by atoms with Crippen LogP contribution < -0.4 is 9.62 Å². The molecule has 0 saturated heterocycles. The average molecular weight is 737 g/mol. The van der Waals surface area contributed by atoms with E-state index in [9.17, 15) is 18.2 Å². The second kappa shape index (κ2) is 14.7. The molecular weight excluding hydrogens is 696 g/mol. The molecule has 0 aliphatic heterocycles. The van der Waals surface area contributed by atoms with E-state index >= 15 is 0 Å². The third-order valence-electron chi connectivity index (χ3n) is 8.73. The predicted octanol–water partition coefficient (Wildman–Crippen LogP) is 9.11. The minimum absolute atomic E-state index is 0.250. The van der Waals surface area contributed by atoms with Crippen molar-refractivity contribution in [1.29, 1.82) is 0 Å². The van der Waals surface area contributed by atoms with Gasteiger partial charge in [0, 0.05) is 53.9 Å². The number of rotatable bonds is 9. The number of halogens is 1. The quantitative estimate of drug-likeness (QED) is 0.147. The number of pyridine rings is 1. The number of anilines is 1. The van der Waals surface area contributed by atoms with Gasteiger partial charge >= 0.3 is 6.09 Å². The van der Waals surface area contributed by atoms with Gasteiger partial charge in [-0.05, 0) is 88.7 Å². The van der Waals surface area contributed by atoms with Crippen LogP contribution in [-0.4, -0.2) is 58.3 Å². The van der Waals surface area contributed by atoms with E-state index in [-0.39, 0.29) is 11.3 Å². The number of carbonyl (C=O) groups excluding carboxylic acids is 2. The molecule has 53 heavy (non-hydrogen) atoms. The maximum absolute atomic E-state index is 14.0. The molecule has 3 heterocycles. The van der Waals surface area contributed by atoms with Crippen molar-refractivity contribution in [3.63, 3.8) is 0 Å². The monoisotopic (exact) mass is 736 g/mol. The van der Waals surface area contributed by atoms with Gasteiger partial charge in [0.1, 0.15) is 33.7 Å². The lowest BCUT2D eigenvalue weighted by molar-refractivity contribution is 0.0546. The van der Waals surface area contributed by atoms with E-state index in [0.717, 1.165) is 10.9 Å². The molecule has 1 unspecified atom stereocenters. The number of para-hydroxylation sites is 1. The Bertz CT molecular complexity index is 2420. The maximum atomic E-state index is 14.0. The fourth-order valence-corrected chi connectivity index (χ4v) is 6.66. The Labute approximate surface area is 309 Å². The number of nitrogens with one attached hydrogen (secondary N) is 1. The van der Waals surface area contributed by atoms with E-state index in [1.165, 1.54) is 19.2 Å². The molecule has 1 amide bonds. The van der Waals surface area contributed by atoms with Crippen LogP contribution in [0.3, 0.4) is 0 Å². The van der Waals surface area contributed by atoms with Crippen LogP contribution in [0.4, 0.5) is 14.9 Å². The first-order valence-corrected chi connectivity index (χ1v) is 18.5. The summed E-state index contributed by atoms with van der Waals surface area (Å²) < 4.78 is 47.8. The van der Waals surface area contributed by atoms with Gasteiger partial charge in [-0.1, -0.05) is 24.3 Å². The summed E-state index contributed by atoms with van der Waals surface area (Å²) in [5.41, 5.74) is 5.01. The highest BCUT2D eigenvalue weighted by molar-refractivity contribution is 7.85. The standard InChI is InChI=1S/C41H41FN4O6S/c1-9-50-21-20-25-16-19-31(44-36(25)37-24(2)28-12-10-11-13-32(28)46(37)40(48)52-41(3,4)5)29-22-30-34(23-33(29)45(7)53(8)49)51-38(35(30)39(47)43-6)26-14-17-27(42)18-15-26/h10-23H,9H2,1-8H3,(H,43,47)/b21-20+. The number of benzene rings is 3. The first kappa shape index (κ1) is 37.0. The molecule has 6 rings (SSSR count). The van der Waals surface area contributed by atoms with E-state index in [4.69, 9.17) is 18.9 Å². The van der Waals surface area contributed by atoms with Crippen LogP contribution >= 0.6 is 0 Å². The Morgan fingerprint density at radius 3 is 2.43 bits per heavy atom. The smallest absolute Gasteiger partial charge is 0.419 e. The largest absolute Gasteiger partial charge is 0.501 e. The molecule has 274 valence electrons. The highest BCUT2D eigenvalue weighted by Gasteiger charge is 2.29. The molecule has 12 heteroatoms. The Balaban J connectivity index is 1.68. The van der Waals surface area contributed by atoms with Crippen molar-refractivity contribution in [2.45, 2.75) is 40.2 Å². The first-order chi connectivity index (χ1) is 25.2. The number of furan rings is 1. The zero-order valence-electron chi connectivity index (χ0n) is 30.9. The fourth-order valence-electron chi connectivity index (χ4n) is 6.24. The summed E-state index contributed by atoms with van der Waals surface area (Å²) in [5.74, 6) is -0.576. The van der Waals surface area contributed by atoms with Crippen LogP contribution in [0.5, 0.6) is 0 Å². The lowest BCUT2D eigenvalue weighted by Crippen LogP contribution is -2.27. The molecule has 3 aromatic carbocycles. The predicted molar refractivity (Wildman–Crippen MR) is 209 cm³/mol. The van der Waals surface area contributed by atoms with Gasteiger partial charge in [0.05, 0.1) is 46.7 Å². The molecule has 0 saturated carbocycles. The van der Waals surface area contributed by atoms with Gasteiger partial charge in [0.2, 0.25) is 0 Å². The highest BCUT2D eigenvalue weighted by Crippen LogP contribution is 2.42. The Morgan fingerprint density at radius 1 is 1.06 bits per heavy atom. The molecule has 0 spiro atoms. The van der Waals surface area contributed by atoms with Gasteiger partial charge in [0.25, 0.3) is 5.91 Å². The van der Waals surface area contributed by atoms with Crippen LogP contribution in [0.1, 0.15) is 49.2 Å². The van der Waals surface area contributed by atoms with Gasteiger partial charge in [0.15, 0.2) is 0 Å². The summed E-state index contributed by atoms with van der Waals surface area (Å²) in [4.78, 5) is 32.7. The van der Waals surface area contributed by atoms with E-state index < -0.39 is 34.4 Å². The second-order valence-electron chi connectivity index (χ2n) is 13.4. The minimum Gasteiger partial charge on any atom is -0.501 e. The number of nitrogens with zero attached hydrogens (tertiary/aromatic N) is 3. The van der Waals surface area contributed by atoms with E-state index in [1.54, 1.807) is 58.8 Å². The first-order valence-electron chi connectivity index (χ1n) is 17.0. The summed E-state index contributed by atoms with van der Waals surface area (Å²) >= 11 is 0. The average Bonchev–Trinajstić information content (AvgIpc) is 3.65. The number of amides is 1. The lowest BCUT2D eigenvalue weighted by atomic mass is 9.99. The van der Waals surface area contributed by atoms with Gasteiger partial charge in [-0.25, -0.2) is 22.9 Å². The van der Waals surface area contributed by atoms with Gasteiger partial charge in [-0.15, -0.1) is 0 Å². The van der Waals surface area contributed by atoms with Crippen LogP contribution in [0.25, 0.3) is 61.9 Å². The van der Waals surface area contributed by atoms with Crippen molar-refractivity contribution in [2.24, 2.45) is 0 Å².